The summed E-state index contributed by atoms with van der Waals surface area (Å²) in [6.07, 6.45) is 5.15. The maximum absolute atomic E-state index is 13.3. The second kappa shape index (κ2) is 9.53. The van der Waals surface area contributed by atoms with Crippen LogP contribution < -0.4 is 15.2 Å². The number of methoxy groups -OCH3 is 1. The fourth-order valence-corrected chi connectivity index (χ4v) is 5.06. The monoisotopic (exact) mass is 514 g/mol. The summed E-state index contributed by atoms with van der Waals surface area (Å²) >= 11 is 0. The van der Waals surface area contributed by atoms with Crippen LogP contribution in [0.2, 0.25) is 0 Å². The van der Waals surface area contributed by atoms with Gasteiger partial charge in [-0.05, 0) is 42.3 Å². The van der Waals surface area contributed by atoms with Crippen LogP contribution >= 0.6 is 12.4 Å². The summed E-state index contributed by atoms with van der Waals surface area (Å²) in [7, 11) is -2.52. The van der Waals surface area contributed by atoms with Crippen molar-refractivity contribution in [3.63, 3.8) is 0 Å². The van der Waals surface area contributed by atoms with E-state index in [1.807, 2.05) is 25.3 Å². The van der Waals surface area contributed by atoms with Crippen molar-refractivity contribution in [3.8, 4) is 5.75 Å². The number of benzene rings is 2. The molecule has 3 aromatic heterocycles. The number of para-hydroxylation sites is 1. The molecule has 0 aliphatic carbocycles. The molecule has 0 radical (unpaired) electrons. The van der Waals surface area contributed by atoms with Crippen molar-refractivity contribution < 1.29 is 17.7 Å². The number of pyridine rings is 1. The highest BCUT2D eigenvalue weighted by Crippen LogP contribution is 2.35. The Labute approximate surface area is 207 Å². The van der Waals surface area contributed by atoms with E-state index in [1.165, 1.54) is 13.2 Å². The van der Waals surface area contributed by atoms with Gasteiger partial charge in [0.1, 0.15) is 16.0 Å². The van der Waals surface area contributed by atoms with Crippen molar-refractivity contribution in [2.24, 2.45) is 5.73 Å². The molecule has 35 heavy (non-hydrogen) atoms. The second-order valence-corrected chi connectivity index (χ2v) is 9.49. The van der Waals surface area contributed by atoms with Crippen molar-refractivity contribution >= 4 is 50.1 Å². The number of aromatic nitrogens is 4. The topological polar surface area (TPSA) is 138 Å². The molecule has 5 rings (SSSR count). The highest BCUT2D eigenvalue weighted by molar-refractivity contribution is 7.93. The molecule has 0 spiro atoms. The standard InChI is InChI=1S/C23H22N6O4S.ClH/c1-14-6-7-25-22-17(14)4-3-5-20(22)34(30,31)28-23-21-18(32-2)8-15(9-19(21)33-27-23)12-29-13-16(10-24)11-26-29;/h3-9,11,13H,10,12,24H2,1-2H3,(H,27,28);1H. The normalized spacial score (nSPS) is 11.5. The average molecular weight is 515 g/mol. The minimum absolute atomic E-state index is 0. The molecule has 0 unspecified atom stereocenters. The highest BCUT2D eigenvalue weighted by Gasteiger charge is 2.24. The highest BCUT2D eigenvalue weighted by atomic mass is 35.5. The number of anilines is 1. The zero-order valence-electron chi connectivity index (χ0n) is 18.9. The van der Waals surface area contributed by atoms with Crippen LogP contribution in [0.25, 0.3) is 21.9 Å². The van der Waals surface area contributed by atoms with Crippen LogP contribution in [0.1, 0.15) is 16.7 Å². The van der Waals surface area contributed by atoms with Crippen LogP contribution in [0.4, 0.5) is 5.82 Å². The molecular weight excluding hydrogens is 492 g/mol. The molecule has 5 aromatic rings. The zero-order valence-corrected chi connectivity index (χ0v) is 20.6. The zero-order chi connectivity index (χ0) is 23.9. The number of fused-ring (bicyclic) bond motifs is 2. The Kier molecular flexibility index (Phi) is 6.66. The Morgan fingerprint density at radius 1 is 1.20 bits per heavy atom. The number of nitrogens with zero attached hydrogens (tertiary/aromatic N) is 4. The summed E-state index contributed by atoms with van der Waals surface area (Å²) in [4.78, 5) is 4.34. The van der Waals surface area contributed by atoms with E-state index >= 15 is 0 Å². The molecule has 0 aliphatic rings. The lowest BCUT2D eigenvalue weighted by atomic mass is 10.1. The van der Waals surface area contributed by atoms with Gasteiger partial charge in [-0.25, -0.2) is 8.42 Å². The van der Waals surface area contributed by atoms with Crippen LogP contribution in [0.3, 0.4) is 0 Å². The number of sulfonamides is 1. The number of hydrogen-bond acceptors (Lipinski definition) is 8. The van der Waals surface area contributed by atoms with Gasteiger partial charge in [0, 0.05) is 29.9 Å². The van der Waals surface area contributed by atoms with Gasteiger partial charge < -0.3 is 15.0 Å². The van der Waals surface area contributed by atoms with Gasteiger partial charge in [0.2, 0.25) is 0 Å². The summed E-state index contributed by atoms with van der Waals surface area (Å²) in [6.45, 7) is 2.76. The molecule has 0 aliphatic heterocycles. The molecule has 3 heterocycles. The molecule has 12 heteroatoms. The predicted octanol–water partition coefficient (Wildman–Crippen LogP) is 3.62. The Bertz CT molecular complexity index is 1630. The molecule has 2 aromatic carbocycles. The van der Waals surface area contributed by atoms with Crippen LogP contribution in [0, 0.1) is 6.92 Å². The van der Waals surface area contributed by atoms with E-state index in [2.05, 4.69) is 20.0 Å². The van der Waals surface area contributed by atoms with E-state index < -0.39 is 10.0 Å². The van der Waals surface area contributed by atoms with E-state index in [1.54, 1.807) is 35.3 Å². The molecule has 0 saturated carbocycles. The lowest BCUT2D eigenvalue weighted by Gasteiger charge is -2.10. The van der Waals surface area contributed by atoms with Gasteiger partial charge in [0.25, 0.3) is 10.0 Å². The molecular formula is C23H23ClN6O4S. The predicted molar refractivity (Wildman–Crippen MR) is 134 cm³/mol. The summed E-state index contributed by atoms with van der Waals surface area (Å²) in [5, 5.41) is 9.44. The first kappa shape index (κ1) is 24.5. The number of hydrogen-bond donors (Lipinski definition) is 2. The van der Waals surface area contributed by atoms with Crippen LogP contribution in [0.5, 0.6) is 5.75 Å². The Hall–Kier alpha value is -3.67. The van der Waals surface area contributed by atoms with Gasteiger partial charge >= 0.3 is 0 Å². The quantitative estimate of drug-likeness (QED) is 0.336. The van der Waals surface area contributed by atoms with E-state index in [-0.39, 0.29) is 23.1 Å². The summed E-state index contributed by atoms with van der Waals surface area (Å²) in [6, 6.07) is 10.4. The van der Waals surface area contributed by atoms with Gasteiger partial charge in [-0.3, -0.25) is 14.4 Å². The first-order chi connectivity index (χ1) is 16.4. The van der Waals surface area contributed by atoms with Crippen LogP contribution in [-0.2, 0) is 23.1 Å². The molecule has 10 nitrogen and oxygen atoms in total. The molecule has 182 valence electrons. The van der Waals surface area contributed by atoms with Crippen molar-refractivity contribution in [1.82, 2.24) is 19.9 Å². The van der Waals surface area contributed by atoms with Crippen LogP contribution in [0.15, 0.2) is 64.4 Å². The summed E-state index contributed by atoms with van der Waals surface area (Å²) < 4.78 is 41.9. The third kappa shape index (κ3) is 4.53. The number of nitrogens with two attached hydrogens (primary N) is 1. The molecule has 0 saturated heterocycles. The van der Waals surface area contributed by atoms with Gasteiger partial charge in [0.15, 0.2) is 11.4 Å². The van der Waals surface area contributed by atoms with Gasteiger partial charge in [0.05, 0.1) is 25.4 Å². The van der Waals surface area contributed by atoms with Crippen molar-refractivity contribution in [1.29, 1.82) is 0 Å². The first-order valence-corrected chi connectivity index (χ1v) is 11.9. The Morgan fingerprint density at radius 2 is 2.03 bits per heavy atom. The number of nitrogens with one attached hydrogen (secondary N) is 1. The molecule has 0 fully saturated rings. The summed E-state index contributed by atoms with van der Waals surface area (Å²) in [5.74, 6) is 0.456. The number of halogens is 1. The van der Waals surface area contributed by atoms with Crippen LogP contribution in [-0.4, -0.2) is 35.4 Å². The summed E-state index contributed by atoms with van der Waals surface area (Å²) in [5.41, 5.74) is 9.11. The SMILES string of the molecule is COc1cc(Cn2cc(CN)cn2)cc2onc(NS(=O)(=O)c3cccc4c(C)ccnc34)c12.Cl. The maximum Gasteiger partial charge on any atom is 0.265 e. The minimum atomic E-state index is -4.02. The molecule has 0 bridgehead atoms. The maximum atomic E-state index is 13.3. The second-order valence-electron chi connectivity index (χ2n) is 7.84. The number of aryl methyl sites for hydroxylation is 1. The number of ether oxygens (including phenoxy) is 1. The molecule has 3 N–H and O–H groups in total. The molecule has 0 amide bonds. The molecule has 0 atom stereocenters. The Balaban J connectivity index is 0.00000289. The van der Waals surface area contributed by atoms with Gasteiger partial charge in [-0.2, -0.15) is 5.10 Å². The smallest absolute Gasteiger partial charge is 0.265 e. The van der Waals surface area contributed by atoms with E-state index in [4.69, 9.17) is 15.0 Å². The lowest BCUT2D eigenvalue weighted by Crippen LogP contribution is -2.14. The van der Waals surface area contributed by atoms with E-state index in [9.17, 15) is 8.42 Å². The van der Waals surface area contributed by atoms with E-state index in [0.29, 0.717) is 35.3 Å². The first-order valence-electron chi connectivity index (χ1n) is 10.4. The van der Waals surface area contributed by atoms with Crippen molar-refractivity contribution in [3.05, 3.63) is 71.7 Å². The third-order valence-corrected chi connectivity index (χ3v) is 6.93. The van der Waals surface area contributed by atoms with Gasteiger partial charge in [-0.15, -0.1) is 12.4 Å². The Morgan fingerprint density at radius 3 is 2.77 bits per heavy atom. The van der Waals surface area contributed by atoms with Gasteiger partial charge in [-0.1, -0.05) is 17.3 Å². The van der Waals surface area contributed by atoms with E-state index in [0.717, 1.165) is 22.1 Å². The third-order valence-electron chi connectivity index (χ3n) is 5.56. The lowest BCUT2D eigenvalue weighted by molar-refractivity contribution is 0.418. The van der Waals surface area contributed by atoms with Crippen molar-refractivity contribution in [2.45, 2.75) is 24.9 Å². The largest absolute Gasteiger partial charge is 0.496 e. The van der Waals surface area contributed by atoms with Crippen molar-refractivity contribution in [2.75, 3.05) is 11.8 Å². The minimum Gasteiger partial charge on any atom is -0.496 e. The number of rotatable bonds is 7. The fraction of sp³-hybridized carbons (Fsp3) is 0.174. The average Bonchev–Trinajstić information content (AvgIpc) is 3.45. The fourth-order valence-electron chi connectivity index (χ4n) is 3.88.